The van der Waals surface area contributed by atoms with Crippen LogP contribution in [0.25, 0.3) is 0 Å². The van der Waals surface area contributed by atoms with Gasteiger partial charge in [-0.15, -0.1) is 11.6 Å². The summed E-state index contributed by atoms with van der Waals surface area (Å²) in [6, 6.07) is 5.75. The number of rotatable bonds is 9. The molecule has 0 heterocycles. The van der Waals surface area contributed by atoms with E-state index in [0.29, 0.717) is 37.6 Å². The minimum atomic E-state index is 0.0995. The number of carbonyl (C=O) groups is 1. The zero-order valence-corrected chi connectivity index (χ0v) is 13.8. The second-order valence-corrected chi connectivity index (χ2v) is 5.25. The smallest absolute Gasteiger partial charge is 0.222 e. The molecule has 1 rings (SSSR count). The normalized spacial score (nSPS) is 10.3. The van der Waals surface area contributed by atoms with E-state index in [1.165, 1.54) is 0 Å². The van der Waals surface area contributed by atoms with Gasteiger partial charge in [-0.1, -0.05) is 13.0 Å². The van der Waals surface area contributed by atoms with Gasteiger partial charge < -0.3 is 14.4 Å². The van der Waals surface area contributed by atoms with E-state index >= 15 is 0 Å². The second kappa shape index (κ2) is 9.50. The van der Waals surface area contributed by atoms with Gasteiger partial charge in [0.05, 0.1) is 13.7 Å². The van der Waals surface area contributed by atoms with Gasteiger partial charge in [0.1, 0.15) is 0 Å². The fraction of sp³-hybridized carbons (Fsp3) is 0.562. The van der Waals surface area contributed by atoms with Crippen LogP contribution in [-0.2, 0) is 11.3 Å². The monoisotopic (exact) mass is 313 g/mol. The van der Waals surface area contributed by atoms with Crippen LogP contribution in [0.5, 0.6) is 11.5 Å². The van der Waals surface area contributed by atoms with Gasteiger partial charge in [-0.3, -0.25) is 4.79 Å². The molecule has 5 heteroatoms. The Morgan fingerprint density at radius 3 is 2.71 bits per heavy atom. The van der Waals surface area contributed by atoms with Gasteiger partial charge in [0.2, 0.25) is 5.91 Å². The van der Waals surface area contributed by atoms with Crippen LogP contribution in [0.3, 0.4) is 0 Å². The minimum absolute atomic E-state index is 0.0995. The predicted octanol–water partition coefficient (Wildman–Crippen LogP) is 3.46. The molecule has 0 bridgehead atoms. The molecule has 0 saturated heterocycles. The third kappa shape index (κ3) is 5.84. The number of alkyl halides is 1. The molecular weight excluding hydrogens is 290 g/mol. The molecule has 0 aromatic heterocycles. The summed E-state index contributed by atoms with van der Waals surface area (Å²) in [7, 11) is 3.42. The average Bonchev–Trinajstić information content (AvgIpc) is 2.50. The molecule has 0 aliphatic rings. The molecule has 0 aliphatic heterocycles. The molecule has 0 unspecified atom stereocenters. The first kappa shape index (κ1) is 17.6. The molecule has 1 aromatic rings. The SMILES string of the molecule is CCCOc1cc(CN(C)C(=O)CCCCl)ccc1OC. The quantitative estimate of drug-likeness (QED) is 0.655. The van der Waals surface area contributed by atoms with E-state index in [1.807, 2.05) is 18.2 Å². The predicted molar refractivity (Wildman–Crippen MR) is 85.2 cm³/mol. The molecule has 0 fully saturated rings. The molecule has 118 valence electrons. The first-order chi connectivity index (χ1) is 10.1. The van der Waals surface area contributed by atoms with E-state index in [1.54, 1.807) is 19.1 Å². The van der Waals surface area contributed by atoms with Crippen molar-refractivity contribution in [1.29, 1.82) is 0 Å². The van der Waals surface area contributed by atoms with Crippen molar-refractivity contribution in [3.05, 3.63) is 23.8 Å². The Morgan fingerprint density at radius 1 is 1.33 bits per heavy atom. The maximum absolute atomic E-state index is 11.9. The van der Waals surface area contributed by atoms with E-state index in [9.17, 15) is 4.79 Å². The van der Waals surface area contributed by atoms with Crippen molar-refractivity contribution in [3.63, 3.8) is 0 Å². The molecule has 4 nitrogen and oxygen atoms in total. The highest BCUT2D eigenvalue weighted by Crippen LogP contribution is 2.28. The first-order valence-electron chi connectivity index (χ1n) is 7.22. The van der Waals surface area contributed by atoms with Crippen molar-refractivity contribution in [2.45, 2.75) is 32.7 Å². The van der Waals surface area contributed by atoms with Crippen LogP contribution in [0, 0.1) is 0 Å². The highest BCUT2D eigenvalue weighted by atomic mass is 35.5. The van der Waals surface area contributed by atoms with Crippen molar-refractivity contribution >= 4 is 17.5 Å². The van der Waals surface area contributed by atoms with E-state index < -0.39 is 0 Å². The lowest BCUT2D eigenvalue weighted by Crippen LogP contribution is -2.25. The molecule has 1 amide bonds. The van der Waals surface area contributed by atoms with Crippen LogP contribution in [0.4, 0.5) is 0 Å². The number of methoxy groups -OCH3 is 1. The Hall–Kier alpha value is -1.42. The molecule has 0 atom stereocenters. The summed E-state index contributed by atoms with van der Waals surface area (Å²) in [6.45, 7) is 3.25. The second-order valence-electron chi connectivity index (χ2n) is 4.88. The summed E-state index contributed by atoms with van der Waals surface area (Å²) in [5.74, 6) is 2.04. The zero-order chi connectivity index (χ0) is 15.7. The number of benzene rings is 1. The molecule has 0 N–H and O–H groups in total. The van der Waals surface area contributed by atoms with Crippen molar-refractivity contribution in [1.82, 2.24) is 4.90 Å². The van der Waals surface area contributed by atoms with Gasteiger partial charge in [-0.25, -0.2) is 0 Å². The van der Waals surface area contributed by atoms with Crippen LogP contribution >= 0.6 is 11.6 Å². The fourth-order valence-electron chi connectivity index (χ4n) is 1.92. The topological polar surface area (TPSA) is 38.8 Å². The number of hydrogen-bond acceptors (Lipinski definition) is 3. The van der Waals surface area contributed by atoms with Gasteiger partial charge in [0, 0.05) is 25.9 Å². The van der Waals surface area contributed by atoms with Gasteiger partial charge in [-0.2, -0.15) is 0 Å². The number of amides is 1. The number of carbonyl (C=O) groups excluding carboxylic acids is 1. The van der Waals surface area contributed by atoms with Crippen LogP contribution in [0.1, 0.15) is 31.7 Å². The van der Waals surface area contributed by atoms with E-state index in [2.05, 4.69) is 6.92 Å². The first-order valence-corrected chi connectivity index (χ1v) is 7.75. The number of halogens is 1. The molecule has 1 aromatic carbocycles. The Bertz CT molecular complexity index is 451. The molecule has 0 radical (unpaired) electrons. The third-order valence-corrected chi connectivity index (χ3v) is 3.33. The van der Waals surface area contributed by atoms with Gasteiger partial charge in [0.15, 0.2) is 11.5 Å². The summed E-state index contributed by atoms with van der Waals surface area (Å²) < 4.78 is 11.0. The summed E-state index contributed by atoms with van der Waals surface area (Å²) >= 11 is 5.61. The molecule has 0 saturated carbocycles. The molecule has 21 heavy (non-hydrogen) atoms. The van der Waals surface area contributed by atoms with Crippen LogP contribution in [0.2, 0.25) is 0 Å². The Morgan fingerprint density at radius 2 is 2.10 bits per heavy atom. The molecule has 0 spiro atoms. The zero-order valence-electron chi connectivity index (χ0n) is 13.0. The Labute approximate surface area is 132 Å². The number of ether oxygens (including phenoxy) is 2. The third-order valence-electron chi connectivity index (χ3n) is 3.06. The maximum Gasteiger partial charge on any atom is 0.222 e. The van der Waals surface area contributed by atoms with Gasteiger partial charge in [-0.05, 0) is 30.5 Å². The summed E-state index contributed by atoms with van der Waals surface area (Å²) in [5.41, 5.74) is 1.02. The van der Waals surface area contributed by atoms with Crippen molar-refractivity contribution < 1.29 is 14.3 Å². The van der Waals surface area contributed by atoms with E-state index in [0.717, 1.165) is 17.7 Å². The lowest BCUT2D eigenvalue weighted by atomic mass is 10.2. The van der Waals surface area contributed by atoms with Gasteiger partial charge >= 0.3 is 0 Å². The summed E-state index contributed by atoms with van der Waals surface area (Å²) in [5, 5.41) is 0. The molecular formula is C16H24ClNO3. The summed E-state index contributed by atoms with van der Waals surface area (Å²) in [6.07, 6.45) is 2.12. The van der Waals surface area contributed by atoms with Crippen LogP contribution < -0.4 is 9.47 Å². The highest BCUT2D eigenvalue weighted by Gasteiger charge is 2.11. The minimum Gasteiger partial charge on any atom is -0.493 e. The Balaban J connectivity index is 2.72. The summed E-state index contributed by atoms with van der Waals surface area (Å²) in [4.78, 5) is 13.6. The number of nitrogens with zero attached hydrogens (tertiary/aromatic N) is 1. The van der Waals surface area contributed by atoms with Crippen LogP contribution in [0.15, 0.2) is 18.2 Å². The van der Waals surface area contributed by atoms with Crippen molar-refractivity contribution in [2.24, 2.45) is 0 Å². The fourth-order valence-corrected chi connectivity index (χ4v) is 2.05. The lowest BCUT2D eigenvalue weighted by Gasteiger charge is -2.18. The van der Waals surface area contributed by atoms with Crippen molar-refractivity contribution in [3.8, 4) is 11.5 Å². The largest absolute Gasteiger partial charge is 0.493 e. The number of hydrogen-bond donors (Lipinski definition) is 0. The van der Waals surface area contributed by atoms with E-state index in [4.69, 9.17) is 21.1 Å². The van der Waals surface area contributed by atoms with Gasteiger partial charge in [0.25, 0.3) is 0 Å². The van der Waals surface area contributed by atoms with Crippen molar-refractivity contribution in [2.75, 3.05) is 26.6 Å². The Kier molecular flexibility index (Phi) is 7.98. The van der Waals surface area contributed by atoms with Crippen LogP contribution in [-0.4, -0.2) is 37.5 Å². The van der Waals surface area contributed by atoms with E-state index in [-0.39, 0.29) is 5.91 Å². The molecule has 0 aliphatic carbocycles. The standard InChI is InChI=1S/C16H24ClNO3/c1-4-10-21-15-11-13(7-8-14(15)20-3)12-18(2)16(19)6-5-9-17/h7-8,11H,4-6,9-10,12H2,1-3H3. The maximum atomic E-state index is 11.9. The average molecular weight is 314 g/mol. The lowest BCUT2D eigenvalue weighted by molar-refractivity contribution is -0.130. The highest BCUT2D eigenvalue weighted by molar-refractivity contribution is 6.17.